The Bertz CT molecular complexity index is 1060. The quantitative estimate of drug-likeness (QED) is 0.195. The number of allylic oxidation sites excluding steroid dienone is 4. The van der Waals surface area contributed by atoms with E-state index in [-0.39, 0.29) is 18.1 Å². The number of hydrogen-bond donors (Lipinski definition) is 2. The fraction of sp³-hybridized carbons (Fsp3) is 0.548. The van der Waals surface area contributed by atoms with Crippen molar-refractivity contribution in [3.8, 4) is 11.5 Å². The normalized spacial score (nSPS) is 17.5. The van der Waals surface area contributed by atoms with Gasteiger partial charge in [0.05, 0.1) is 12.6 Å². The molecule has 1 aromatic carbocycles. The molecule has 2 atom stereocenters. The van der Waals surface area contributed by atoms with Crippen molar-refractivity contribution in [2.24, 2.45) is 0 Å². The summed E-state index contributed by atoms with van der Waals surface area (Å²) in [6.07, 6.45) is 6.80. The lowest BCUT2D eigenvalue weighted by atomic mass is 9.99. The van der Waals surface area contributed by atoms with Crippen LogP contribution in [0.1, 0.15) is 64.0 Å². The van der Waals surface area contributed by atoms with Crippen LogP contribution < -0.4 is 14.8 Å². The molecule has 1 amide bonds. The topological polar surface area (TPSA) is 97.3 Å². The predicted octanol–water partition coefficient (Wildman–Crippen LogP) is 4.30. The number of fused-ring (bicyclic) bond motifs is 1. The van der Waals surface area contributed by atoms with Crippen LogP contribution in [0.3, 0.4) is 0 Å². The number of unbranched alkanes of at least 4 members (excludes halogenated alkanes) is 1. The molecule has 1 aromatic rings. The number of Topliss-reactive ketones (excluding diaryl/α,β-unsaturated/α-hetero) is 1. The molecule has 0 radical (unpaired) electrons. The molecule has 214 valence electrons. The summed E-state index contributed by atoms with van der Waals surface area (Å²) < 4.78 is 16.4. The molecule has 2 aliphatic heterocycles. The first-order valence-electron chi connectivity index (χ1n) is 13.9. The van der Waals surface area contributed by atoms with E-state index in [1.807, 2.05) is 26.0 Å². The van der Waals surface area contributed by atoms with Crippen molar-refractivity contribution in [3.63, 3.8) is 0 Å². The number of carbonyl (C=O) groups excluding carboxylic acids is 2. The Labute approximate surface area is 232 Å². The summed E-state index contributed by atoms with van der Waals surface area (Å²) in [7, 11) is 1.62. The summed E-state index contributed by atoms with van der Waals surface area (Å²) in [4.78, 5) is 28.0. The van der Waals surface area contributed by atoms with Crippen LogP contribution in [0, 0.1) is 0 Å². The fourth-order valence-corrected chi connectivity index (χ4v) is 4.94. The molecule has 2 heterocycles. The van der Waals surface area contributed by atoms with Gasteiger partial charge in [0.1, 0.15) is 19.3 Å². The van der Waals surface area contributed by atoms with Crippen LogP contribution >= 0.6 is 0 Å². The van der Waals surface area contributed by atoms with Crippen molar-refractivity contribution in [2.75, 3.05) is 46.6 Å². The average molecular weight is 541 g/mol. The third-order valence-electron chi connectivity index (χ3n) is 6.84. The van der Waals surface area contributed by atoms with E-state index in [2.05, 4.69) is 16.8 Å². The molecule has 0 spiro atoms. The van der Waals surface area contributed by atoms with Gasteiger partial charge in [0, 0.05) is 32.1 Å². The summed E-state index contributed by atoms with van der Waals surface area (Å²) in [6, 6.07) is 4.97. The number of aliphatic hydroxyl groups is 1. The SMILES string of the molecule is C=C(C)/C=C(\C=C(\C)COC)C(=O)CCCCC(=O)N[C@H](CN1CCCC1)[C@H](O)c1ccc2c(c1)OCCO2. The Morgan fingerprint density at radius 3 is 2.49 bits per heavy atom. The van der Waals surface area contributed by atoms with Gasteiger partial charge in [-0.25, -0.2) is 0 Å². The Hall–Kier alpha value is -2.94. The van der Waals surface area contributed by atoms with Crippen LogP contribution in [0.25, 0.3) is 0 Å². The Kier molecular flexibility index (Phi) is 12.2. The molecule has 1 saturated heterocycles. The number of amides is 1. The molecular formula is C31H44N2O6. The summed E-state index contributed by atoms with van der Waals surface area (Å²) in [5.41, 5.74) is 3.05. The van der Waals surface area contributed by atoms with Gasteiger partial charge < -0.3 is 29.5 Å². The minimum absolute atomic E-state index is 0.0230. The van der Waals surface area contributed by atoms with Gasteiger partial charge in [-0.15, -0.1) is 0 Å². The number of hydrogen-bond acceptors (Lipinski definition) is 7. The highest BCUT2D eigenvalue weighted by molar-refractivity contribution is 5.98. The summed E-state index contributed by atoms with van der Waals surface area (Å²) in [5.74, 6) is 1.17. The van der Waals surface area contributed by atoms with E-state index in [1.165, 1.54) is 0 Å². The number of carbonyl (C=O) groups is 2. The van der Waals surface area contributed by atoms with Crippen LogP contribution in [0.15, 0.2) is 53.6 Å². The molecule has 0 saturated carbocycles. The maximum Gasteiger partial charge on any atom is 0.220 e. The third-order valence-corrected chi connectivity index (χ3v) is 6.84. The van der Waals surface area contributed by atoms with Gasteiger partial charge in [0.25, 0.3) is 0 Å². The van der Waals surface area contributed by atoms with Crippen molar-refractivity contribution < 1.29 is 28.9 Å². The van der Waals surface area contributed by atoms with Crippen molar-refractivity contribution in [3.05, 3.63) is 59.2 Å². The lowest BCUT2D eigenvalue weighted by Crippen LogP contribution is -2.46. The summed E-state index contributed by atoms with van der Waals surface area (Å²) in [6.45, 7) is 11.6. The third kappa shape index (κ3) is 9.95. The van der Waals surface area contributed by atoms with E-state index in [0.29, 0.717) is 68.3 Å². The van der Waals surface area contributed by atoms with E-state index in [1.54, 1.807) is 25.3 Å². The molecule has 1 fully saturated rings. The molecular weight excluding hydrogens is 496 g/mol. The smallest absolute Gasteiger partial charge is 0.220 e. The minimum Gasteiger partial charge on any atom is -0.486 e. The molecule has 8 nitrogen and oxygen atoms in total. The largest absolute Gasteiger partial charge is 0.486 e. The second-order valence-electron chi connectivity index (χ2n) is 10.5. The number of rotatable bonds is 15. The number of likely N-dealkylation sites (tertiary alicyclic amines) is 1. The van der Waals surface area contributed by atoms with Gasteiger partial charge in [0.15, 0.2) is 17.3 Å². The first-order valence-corrected chi connectivity index (χ1v) is 13.9. The monoisotopic (exact) mass is 540 g/mol. The first-order chi connectivity index (χ1) is 18.8. The van der Waals surface area contributed by atoms with Crippen molar-refractivity contribution in [1.82, 2.24) is 10.2 Å². The lowest BCUT2D eigenvalue weighted by molar-refractivity contribution is -0.123. The number of ether oxygens (including phenoxy) is 3. The van der Waals surface area contributed by atoms with Gasteiger partial charge in [-0.3, -0.25) is 9.59 Å². The maximum absolute atomic E-state index is 12.9. The summed E-state index contributed by atoms with van der Waals surface area (Å²) in [5, 5.41) is 14.3. The first kappa shape index (κ1) is 30.6. The number of nitrogens with zero attached hydrogens (tertiary/aromatic N) is 1. The highest BCUT2D eigenvalue weighted by Gasteiger charge is 2.27. The Balaban J connectivity index is 1.56. The number of aliphatic hydroxyl groups excluding tert-OH is 1. The Morgan fingerprint density at radius 1 is 1.10 bits per heavy atom. The molecule has 39 heavy (non-hydrogen) atoms. The zero-order valence-electron chi connectivity index (χ0n) is 23.7. The van der Waals surface area contributed by atoms with Gasteiger partial charge in [-0.05, 0) is 82.0 Å². The molecule has 0 unspecified atom stereocenters. The van der Waals surface area contributed by atoms with Gasteiger partial charge in [0.2, 0.25) is 5.91 Å². The highest BCUT2D eigenvalue weighted by atomic mass is 16.6. The molecule has 0 bridgehead atoms. The van der Waals surface area contributed by atoms with E-state index in [0.717, 1.165) is 37.1 Å². The second-order valence-corrected chi connectivity index (χ2v) is 10.5. The second kappa shape index (κ2) is 15.6. The van der Waals surface area contributed by atoms with Gasteiger partial charge in [-0.2, -0.15) is 0 Å². The molecule has 2 N–H and O–H groups in total. The number of benzene rings is 1. The van der Waals surface area contributed by atoms with E-state index in [4.69, 9.17) is 14.2 Å². The minimum atomic E-state index is -0.885. The van der Waals surface area contributed by atoms with Crippen LogP contribution in [0.4, 0.5) is 0 Å². The van der Waals surface area contributed by atoms with E-state index >= 15 is 0 Å². The van der Waals surface area contributed by atoms with E-state index < -0.39 is 12.1 Å². The molecule has 8 heteroatoms. The van der Waals surface area contributed by atoms with Crippen molar-refractivity contribution in [2.45, 2.75) is 64.5 Å². The van der Waals surface area contributed by atoms with Gasteiger partial charge in [-0.1, -0.05) is 24.3 Å². The predicted molar refractivity (Wildman–Crippen MR) is 152 cm³/mol. The average Bonchev–Trinajstić information content (AvgIpc) is 3.42. The standard InChI is InChI=1S/C31H44N2O6/c1-22(2)17-25(18-23(3)21-37-4)27(34)9-5-6-10-30(35)32-26(20-33-13-7-8-14-33)31(36)24-11-12-28-29(19-24)39-16-15-38-28/h11-12,17-19,26,31,36H,1,5-10,13-16,20-21H2,2-4H3,(H,32,35)/b23-18-,25-17+/t26-,31-/m1/s1. The number of nitrogens with one attached hydrogen (secondary N) is 1. The van der Waals surface area contributed by atoms with Crippen molar-refractivity contribution in [1.29, 1.82) is 0 Å². The van der Waals surface area contributed by atoms with Crippen LogP contribution in [0.5, 0.6) is 11.5 Å². The molecule has 0 aliphatic carbocycles. The molecule has 2 aliphatic rings. The van der Waals surface area contributed by atoms with Crippen molar-refractivity contribution >= 4 is 11.7 Å². The highest BCUT2D eigenvalue weighted by Crippen LogP contribution is 2.33. The molecule has 3 rings (SSSR count). The zero-order valence-corrected chi connectivity index (χ0v) is 23.7. The maximum atomic E-state index is 12.9. The van der Waals surface area contributed by atoms with Crippen LogP contribution in [0.2, 0.25) is 0 Å². The lowest BCUT2D eigenvalue weighted by Gasteiger charge is -2.29. The number of methoxy groups -OCH3 is 1. The number of ketones is 1. The Morgan fingerprint density at radius 2 is 1.79 bits per heavy atom. The molecule has 0 aromatic heterocycles. The fourth-order valence-electron chi connectivity index (χ4n) is 4.94. The van der Waals surface area contributed by atoms with E-state index in [9.17, 15) is 14.7 Å². The van der Waals surface area contributed by atoms with Gasteiger partial charge >= 0.3 is 0 Å². The van der Waals surface area contributed by atoms with Crippen LogP contribution in [-0.4, -0.2) is 74.3 Å². The van der Waals surface area contributed by atoms with Crippen LogP contribution in [-0.2, 0) is 14.3 Å². The zero-order chi connectivity index (χ0) is 28.2. The summed E-state index contributed by atoms with van der Waals surface area (Å²) >= 11 is 0.